The standard InChI is InChI=1S/C20H19FN6O2/c1-2-16-19(28)24-15-9-23-20(25-18(15)27(16)14-10-29-11-14)26-8-7-22-17(26)12-3-5-13(21)6-4-12/h3-9,14,16H,2,10-11H2,1H3,(H,24,28). The fourth-order valence-corrected chi connectivity index (χ4v) is 3.73. The van der Waals surface area contributed by atoms with Gasteiger partial charge in [0.2, 0.25) is 11.9 Å². The van der Waals surface area contributed by atoms with Crippen LogP contribution in [0.15, 0.2) is 42.9 Å². The van der Waals surface area contributed by atoms with Crippen molar-refractivity contribution in [1.82, 2.24) is 19.5 Å². The number of benzene rings is 1. The van der Waals surface area contributed by atoms with E-state index < -0.39 is 0 Å². The third-order valence-corrected chi connectivity index (χ3v) is 5.26. The molecule has 29 heavy (non-hydrogen) atoms. The van der Waals surface area contributed by atoms with E-state index >= 15 is 0 Å². The molecule has 1 fully saturated rings. The fourth-order valence-electron chi connectivity index (χ4n) is 3.73. The van der Waals surface area contributed by atoms with Crippen molar-refractivity contribution in [3.8, 4) is 17.3 Å². The van der Waals surface area contributed by atoms with Gasteiger partial charge in [0.15, 0.2) is 5.82 Å². The van der Waals surface area contributed by atoms with Gasteiger partial charge >= 0.3 is 0 Å². The van der Waals surface area contributed by atoms with Gasteiger partial charge in [-0.15, -0.1) is 0 Å². The first kappa shape index (κ1) is 17.7. The Kier molecular flexibility index (Phi) is 4.24. The highest BCUT2D eigenvalue weighted by atomic mass is 19.1. The van der Waals surface area contributed by atoms with Crippen molar-refractivity contribution in [3.63, 3.8) is 0 Å². The van der Waals surface area contributed by atoms with Gasteiger partial charge in [0.25, 0.3) is 0 Å². The van der Waals surface area contributed by atoms with E-state index in [1.807, 2.05) is 11.8 Å². The van der Waals surface area contributed by atoms with Crippen LogP contribution in [-0.4, -0.2) is 50.7 Å². The molecule has 1 N–H and O–H groups in total. The van der Waals surface area contributed by atoms with Crippen molar-refractivity contribution in [1.29, 1.82) is 0 Å². The highest BCUT2D eigenvalue weighted by Gasteiger charge is 2.40. The zero-order chi connectivity index (χ0) is 20.0. The van der Waals surface area contributed by atoms with E-state index in [0.717, 1.165) is 5.56 Å². The lowest BCUT2D eigenvalue weighted by Crippen LogP contribution is -2.59. The normalized spacial score (nSPS) is 18.9. The van der Waals surface area contributed by atoms with Crippen molar-refractivity contribution < 1.29 is 13.9 Å². The van der Waals surface area contributed by atoms with Crippen molar-refractivity contribution in [2.75, 3.05) is 23.4 Å². The van der Waals surface area contributed by atoms with Gasteiger partial charge in [-0.1, -0.05) is 6.92 Å². The molecule has 0 radical (unpaired) electrons. The van der Waals surface area contributed by atoms with Crippen LogP contribution in [0.3, 0.4) is 0 Å². The second-order valence-corrected chi connectivity index (χ2v) is 7.05. The van der Waals surface area contributed by atoms with Crippen LogP contribution >= 0.6 is 0 Å². The third kappa shape index (κ3) is 2.94. The number of hydrogen-bond acceptors (Lipinski definition) is 6. The van der Waals surface area contributed by atoms with E-state index in [9.17, 15) is 9.18 Å². The van der Waals surface area contributed by atoms with Gasteiger partial charge < -0.3 is 15.0 Å². The van der Waals surface area contributed by atoms with Crippen molar-refractivity contribution in [2.24, 2.45) is 0 Å². The summed E-state index contributed by atoms with van der Waals surface area (Å²) in [5, 5.41) is 2.91. The van der Waals surface area contributed by atoms with Gasteiger partial charge in [-0.05, 0) is 30.7 Å². The lowest BCUT2D eigenvalue weighted by molar-refractivity contribution is -0.118. The van der Waals surface area contributed by atoms with Crippen molar-refractivity contribution >= 4 is 17.4 Å². The Morgan fingerprint density at radius 2 is 2.03 bits per heavy atom. The Morgan fingerprint density at radius 3 is 2.72 bits per heavy atom. The van der Waals surface area contributed by atoms with Crippen LogP contribution in [0.5, 0.6) is 0 Å². The number of amides is 1. The number of hydrogen-bond donors (Lipinski definition) is 1. The number of rotatable bonds is 4. The number of imidazole rings is 1. The maximum atomic E-state index is 13.3. The molecule has 1 atom stereocenters. The first-order valence-corrected chi connectivity index (χ1v) is 9.49. The first-order chi connectivity index (χ1) is 14.2. The number of nitrogens with zero attached hydrogens (tertiary/aromatic N) is 5. The molecule has 2 aliphatic rings. The topological polar surface area (TPSA) is 85.2 Å². The van der Waals surface area contributed by atoms with E-state index in [1.54, 1.807) is 35.3 Å². The summed E-state index contributed by atoms with van der Waals surface area (Å²) < 4.78 is 20.4. The Bertz CT molecular complexity index is 1060. The van der Waals surface area contributed by atoms with E-state index in [4.69, 9.17) is 9.72 Å². The Labute approximate surface area is 166 Å². The van der Waals surface area contributed by atoms with Gasteiger partial charge in [0.1, 0.15) is 23.4 Å². The minimum atomic E-state index is -0.309. The molecule has 5 rings (SSSR count). The predicted octanol–water partition coefficient (Wildman–Crippen LogP) is 2.40. The van der Waals surface area contributed by atoms with Crippen molar-refractivity contribution in [2.45, 2.75) is 25.4 Å². The molecule has 4 heterocycles. The molecule has 1 aromatic carbocycles. The molecule has 148 valence electrons. The molecule has 8 nitrogen and oxygen atoms in total. The van der Waals surface area contributed by atoms with Gasteiger partial charge in [0.05, 0.1) is 25.5 Å². The number of nitrogens with one attached hydrogen (secondary N) is 1. The van der Waals surface area contributed by atoms with Crippen LogP contribution in [0.25, 0.3) is 17.3 Å². The fraction of sp³-hybridized carbons (Fsp3) is 0.300. The number of fused-ring (bicyclic) bond motifs is 1. The highest BCUT2D eigenvalue weighted by Crippen LogP contribution is 2.35. The molecule has 2 aliphatic heterocycles. The summed E-state index contributed by atoms with van der Waals surface area (Å²) >= 11 is 0. The molecular formula is C20H19FN6O2. The quantitative estimate of drug-likeness (QED) is 0.732. The summed E-state index contributed by atoms with van der Waals surface area (Å²) in [7, 11) is 0. The maximum Gasteiger partial charge on any atom is 0.247 e. The monoisotopic (exact) mass is 394 g/mol. The zero-order valence-corrected chi connectivity index (χ0v) is 15.7. The Morgan fingerprint density at radius 1 is 1.24 bits per heavy atom. The van der Waals surface area contributed by atoms with Crippen molar-refractivity contribution in [3.05, 3.63) is 48.7 Å². The molecule has 3 aromatic rings. The smallest absolute Gasteiger partial charge is 0.247 e. The highest BCUT2D eigenvalue weighted by molar-refractivity contribution is 6.02. The Balaban J connectivity index is 1.59. The third-order valence-electron chi connectivity index (χ3n) is 5.26. The minimum Gasteiger partial charge on any atom is -0.377 e. The summed E-state index contributed by atoms with van der Waals surface area (Å²) in [6.07, 6.45) is 5.68. The van der Waals surface area contributed by atoms with Gasteiger partial charge in [0, 0.05) is 18.0 Å². The summed E-state index contributed by atoms with van der Waals surface area (Å²) in [4.78, 5) is 28.1. The molecule has 0 saturated carbocycles. The summed E-state index contributed by atoms with van der Waals surface area (Å²) in [6, 6.07) is 5.91. The van der Waals surface area contributed by atoms with Gasteiger partial charge in [-0.3, -0.25) is 9.36 Å². The largest absolute Gasteiger partial charge is 0.377 e. The number of ether oxygens (including phenoxy) is 1. The lowest BCUT2D eigenvalue weighted by Gasteiger charge is -2.44. The molecule has 0 spiro atoms. The molecule has 1 unspecified atom stereocenters. The van der Waals surface area contributed by atoms with Crippen LogP contribution in [0.1, 0.15) is 13.3 Å². The molecule has 9 heteroatoms. The van der Waals surface area contributed by atoms with Crippen LogP contribution in [-0.2, 0) is 9.53 Å². The van der Waals surface area contributed by atoms with Gasteiger partial charge in [-0.2, -0.15) is 4.98 Å². The number of halogens is 1. The molecular weight excluding hydrogens is 375 g/mol. The van der Waals surface area contributed by atoms with E-state index in [-0.39, 0.29) is 23.8 Å². The molecule has 0 bridgehead atoms. The van der Waals surface area contributed by atoms with E-state index in [1.165, 1.54) is 12.1 Å². The van der Waals surface area contributed by atoms with Crippen LogP contribution < -0.4 is 10.2 Å². The van der Waals surface area contributed by atoms with Gasteiger partial charge in [-0.25, -0.2) is 14.4 Å². The average molecular weight is 394 g/mol. The number of carbonyl (C=O) groups is 1. The SMILES string of the molecule is CCC1C(=O)Nc2cnc(-n3ccnc3-c3ccc(F)cc3)nc2N1C1COC1. The van der Waals surface area contributed by atoms with E-state index in [2.05, 4.69) is 15.3 Å². The zero-order valence-electron chi connectivity index (χ0n) is 15.7. The molecule has 1 amide bonds. The lowest BCUT2D eigenvalue weighted by atomic mass is 10.0. The predicted molar refractivity (Wildman–Crippen MR) is 104 cm³/mol. The van der Waals surface area contributed by atoms with E-state index in [0.29, 0.717) is 42.9 Å². The number of aromatic nitrogens is 4. The van der Waals surface area contributed by atoms with Crippen LogP contribution in [0.2, 0.25) is 0 Å². The number of anilines is 2. The molecule has 0 aliphatic carbocycles. The summed E-state index contributed by atoms with van der Waals surface area (Å²) in [5.41, 5.74) is 1.33. The second kappa shape index (κ2) is 6.93. The molecule has 1 saturated heterocycles. The first-order valence-electron chi connectivity index (χ1n) is 9.49. The Hall–Kier alpha value is -3.33. The molecule has 2 aromatic heterocycles. The summed E-state index contributed by atoms with van der Waals surface area (Å²) in [5.74, 6) is 1.34. The summed E-state index contributed by atoms with van der Waals surface area (Å²) in [6.45, 7) is 3.11. The average Bonchev–Trinajstić information content (AvgIpc) is 3.17. The number of carbonyl (C=O) groups excluding carboxylic acids is 1. The van der Waals surface area contributed by atoms with Crippen LogP contribution in [0, 0.1) is 5.82 Å². The maximum absolute atomic E-state index is 13.3. The minimum absolute atomic E-state index is 0.0575. The second-order valence-electron chi connectivity index (χ2n) is 7.05. The van der Waals surface area contributed by atoms with Crippen LogP contribution in [0.4, 0.5) is 15.9 Å².